The number of benzene rings is 1. The number of furan rings is 1. The van der Waals surface area contributed by atoms with E-state index in [0.29, 0.717) is 12.3 Å². The van der Waals surface area contributed by atoms with Crippen LogP contribution in [-0.2, 0) is 17.8 Å². The summed E-state index contributed by atoms with van der Waals surface area (Å²) in [5.74, 6) is -0.601. The number of nitrogens with zero attached hydrogens (tertiary/aromatic N) is 2. The Morgan fingerprint density at radius 1 is 1.17 bits per heavy atom. The van der Waals surface area contributed by atoms with Gasteiger partial charge in [0.15, 0.2) is 0 Å². The highest BCUT2D eigenvalue weighted by molar-refractivity contribution is 7.09. The Kier molecular flexibility index (Phi) is 6.40. The van der Waals surface area contributed by atoms with Gasteiger partial charge in [0, 0.05) is 22.6 Å². The fourth-order valence-electron chi connectivity index (χ4n) is 2.74. The average molecular weight is 414 g/mol. The molecule has 2 aromatic heterocycles. The molecule has 1 aromatic carbocycles. The van der Waals surface area contributed by atoms with Crippen LogP contribution in [0.15, 0.2) is 58.5 Å². The highest BCUT2D eigenvalue weighted by Gasteiger charge is 2.23. The summed E-state index contributed by atoms with van der Waals surface area (Å²) in [6, 6.07) is 10.8. The molecule has 0 saturated heterocycles. The molecule has 8 nitrogen and oxygen atoms in total. The van der Waals surface area contributed by atoms with Gasteiger partial charge in [0.2, 0.25) is 0 Å². The fourth-order valence-corrected chi connectivity index (χ4v) is 3.46. The summed E-state index contributed by atoms with van der Waals surface area (Å²) < 4.78 is 10.3. The maximum atomic E-state index is 13.2. The number of thiophene rings is 1. The van der Waals surface area contributed by atoms with Gasteiger partial charge in [-0.05, 0) is 36.6 Å². The largest absolute Gasteiger partial charge is 0.467 e. The molecule has 0 aliphatic carbocycles. The van der Waals surface area contributed by atoms with Crippen LogP contribution in [0.1, 0.15) is 38.3 Å². The number of ether oxygens (including phenoxy) is 1. The molecule has 0 radical (unpaired) electrons. The Hall–Kier alpha value is -3.46. The van der Waals surface area contributed by atoms with E-state index in [4.69, 9.17) is 9.15 Å². The zero-order valence-electron chi connectivity index (χ0n) is 15.6. The molecule has 2 heterocycles. The SMILES string of the molecule is CCOC(=O)c1cc(C(=O)N(Cc2ccco2)Cc2cccs2)cc([N+](=O)[O-])c1. The zero-order valence-corrected chi connectivity index (χ0v) is 16.4. The summed E-state index contributed by atoms with van der Waals surface area (Å²) in [7, 11) is 0. The molecule has 0 saturated carbocycles. The first-order valence-electron chi connectivity index (χ1n) is 8.78. The van der Waals surface area contributed by atoms with Crippen molar-refractivity contribution in [2.75, 3.05) is 6.61 Å². The second-order valence-corrected chi connectivity index (χ2v) is 7.10. The Morgan fingerprint density at radius 3 is 2.59 bits per heavy atom. The topological polar surface area (TPSA) is 103 Å². The Labute approximate surface area is 170 Å². The van der Waals surface area contributed by atoms with Crippen molar-refractivity contribution in [3.8, 4) is 0 Å². The van der Waals surface area contributed by atoms with Crippen LogP contribution in [0.3, 0.4) is 0 Å². The van der Waals surface area contributed by atoms with Gasteiger partial charge in [-0.3, -0.25) is 14.9 Å². The summed E-state index contributed by atoms with van der Waals surface area (Å²) >= 11 is 1.49. The van der Waals surface area contributed by atoms with Gasteiger partial charge in [-0.25, -0.2) is 4.79 Å². The van der Waals surface area contributed by atoms with Crippen molar-refractivity contribution >= 4 is 28.9 Å². The van der Waals surface area contributed by atoms with Crippen molar-refractivity contribution in [1.29, 1.82) is 0 Å². The second-order valence-electron chi connectivity index (χ2n) is 6.07. The maximum absolute atomic E-state index is 13.2. The van der Waals surface area contributed by atoms with Crippen LogP contribution in [-0.4, -0.2) is 28.3 Å². The summed E-state index contributed by atoms with van der Waals surface area (Å²) in [6.07, 6.45) is 1.51. The van der Waals surface area contributed by atoms with E-state index < -0.39 is 16.8 Å². The Bertz CT molecular complexity index is 962. The van der Waals surface area contributed by atoms with Gasteiger partial charge in [0.05, 0.1) is 36.4 Å². The van der Waals surface area contributed by atoms with E-state index in [1.54, 1.807) is 19.1 Å². The number of non-ortho nitro benzene ring substituents is 1. The van der Waals surface area contributed by atoms with Crippen LogP contribution >= 0.6 is 11.3 Å². The lowest BCUT2D eigenvalue weighted by atomic mass is 10.1. The molecule has 29 heavy (non-hydrogen) atoms. The van der Waals surface area contributed by atoms with Crippen molar-refractivity contribution in [3.05, 3.63) is 86.0 Å². The quantitative estimate of drug-likeness (QED) is 0.310. The molecular formula is C20H18N2O6S. The average Bonchev–Trinajstić information content (AvgIpc) is 3.41. The maximum Gasteiger partial charge on any atom is 0.338 e. The Balaban J connectivity index is 1.96. The van der Waals surface area contributed by atoms with Crippen LogP contribution in [0.25, 0.3) is 0 Å². The minimum Gasteiger partial charge on any atom is -0.467 e. The molecule has 0 fully saturated rings. The first kappa shape index (κ1) is 20.3. The van der Waals surface area contributed by atoms with Gasteiger partial charge < -0.3 is 14.1 Å². The minimum absolute atomic E-state index is 0.0327. The lowest BCUT2D eigenvalue weighted by Gasteiger charge is -2.21. The minimum atomic E-state index is -0.721. The van der Waals surface area contributed by atoms with Crippen molar-refractivity contribution < 1.29 is 23.7 Å². The predicted molar refractivity (Wildman–Crippen MR) is 106 cm³/mol. The Morgan fingerprint density at radius 2 is 1.97 bits per heavy atom. The first-order chi connectivity index (χ1) is 14.0. The van der Waals surface area contributed by atoms with Crippen LogP contribution in [0.5, 0.6) is 0 Å². The fraction of sp³-hybridized carbons (Fsp3) is 0.200. The lowest BCUT2D eigenvalue weighted by Crippen LogP contribution is -2.30. The summed E-state index contributed by atoms with van der Waals surface area (Å²) in [5.41, 5.74) is -0.364. The van der Waals surface area contributed by atoms with Gasteiger partial charge in [0.1, 0.15) is 5.76 Å². The molecule has 0 unspecified atom stereocenters. The van der Waals surface area contributed by atoms with Crippen LogP contribution < -0.4 is 0 Å². The van der Waals surface area contributed by atoms with E-state index in [1.807, 2.05) is 17.5 Å². The molecule has 9 heteroatoms. The first-order valence-corrected chi connectivity index (χ1v) is 9.66. The van der Waals surface area contributed by atoms with Crippen molar-refractivity contribution in [1.82, 2.24) is 4.90 Å². The molecule has 3 aromatic rings. The molecule has 0 atom stereocenters. The van der Waals surface area contributed by atoms with E-state index in [2.05, 4.69) is 0 Å². The molecule has 3 rings (SSSR count). The van der Waals surface area contributed by atoms with Gasteiger partial charge >= 0.3 is 5.97 Å². The van der Waals surface area contributed by atoms with E-state index in [1.165, 1.54) is 28.6 Å². The third-order valence-corrected chi connectivity index (χ3v) is 4.89. The van der Waals surface area contributed by atoms with E-state index >= 15 is 0 Å². The predicted octanol–water partition coefficient (Wildman–Crippen LogP) is 4.27. The third kappa shape index (κ3) is 5.08. The number of hydrogen-bond acceptors (Lipinski definition) is 7. The van der Waals surface area contributed by atoms with E-state index in [9.17, 15) is 19.7 Å². The summed E-state index contributed by atoms with van der Waals surface area (Å²) in [6.45, 7) is 2.23. The third-order valence-electron chi connectivity index (χ3n) is 4.03. The standard InChI is InChI=1S/C20H18N2O6S/c1-2-27-20(24)15-9-14(10-16(11-15)22(25)26)19(23)21(12-17-5-3-7-28-17)13-18-6-4-8-29-18/h3-11H,2,12-13H2,1H3. The van der Waals surface area contributed by atoms with Crippen LogP contribution in [0, 0.1) is 10.1 Å². The van der Waals surface area contributed by atoms with Crippen LogP contribution in [0.2, 0.25) is 0 Å². The monoisotopic (exact) mass is 414 g/mol. The molecule has 0 aliphatic rings. The van der Waals surface area contributed by atoms with Crippen molar-refractivity contribution in [2.24, 2.45) is 0 Å². The summed E-state index contributed by atoms with van der Waals surface area (Å²) in [4.78, 5) is 38.4. The van der Waals surface area contributed by atoms with Crippen molar-refractivity contribution in [2.45, 2.75) is 20.0 Å². The number of esters is 1. The van der Waals surface area contributed by atoms with Crippen LogP contribution in [0.4, 0.5) is 5.69 Å². The van der Waals surface area contributed by atoms with Gasteiger partial charge in [-0.2, -0.15) is 0 Å². The number of amides is 1. The normalized spacial score (nSPS) is 10.5. The van der Waals surface area contributed by atoms with Gasteiger partial charge in [-0.1, -0.05) is 6.07 Å². The number of hydrogen-bond donors (Lipinski definition) is 0. The highest BCUT2D eigenvalue weighted by atomic mass is 32.1. The molecule has 0 aliphatic heterocycles. The molecule has 0 spiro atoms. The molecule has 0 bridgehead atoms. The number of rotatable bonds is 8. The number of carbonyl (C=O) groups excluding carboxylic acids is 2. The molecular weight excluding hydrogens is 396 g/mol. The number of carbonyl (C=O) groups is 2. The van der Waals surface area contributed by atoms with Gasteiger partial charge in [0.25, 0.3) is 11.6 Å². The molecule has 150 valence electrons. The zero-order chi connectivity index (χ0) is 20.8. The van der Waals surface area contributed by atoms with E-state index in [0.717, 1.165) is 17.0 Å². The highest BCUT2D eigenvalue weighted by Crippen LogP contribution is 2.22. The summed E-state index contributed by atoms with van der Waals surface area (Å²) in [5, 5.41) is 13.2. The number of nitro groups is 1. The molecule has 1 amide bonds. The smallest absolute Gasteiger partial charge is 0.338 e. The number of nitro benzene ring substituents is 1. The second kappa shape index (κ2) is 9.16. The van der Waals surface area contributed by atoms with Crippen molar-refractivity contribution in [3.63, 3.8) is 0 Å². The lowest BCUT2D eigenvalue weighted by molar-refractivity contribution is -0.384. The van der Waals surface area contributed by atoms with Gasteiger partial charge in [-0.15, -0.1) is 11.3 Å². The molecule has 0 N–H and O–H groups in total. The van der Waals surface area contributed by atoms with E-state index in [-0.39, 0.29) is 30.0 Å².